The third-order valence-electron chi connectivity index (χ3n) is 3.89. The molecule has 152 valence electrons. The van der Waals surface area contributed by atoms with E-state index in [1.165, 1.54) is 23.1 Å². The molecule has 0 aliphatic heterocycles. The van der Waals surface area contributed by atoms with Gasteiger partial charge in [-0.1, -0.05) is 50.8 Å². The van der Waals surface area contributed by atoms with Gasteiger partial charge in [-0.05, 0) is 42.0 Å². The molecular formula is C20H27N3O3S2. The largest absolute Gasteiger partial charge is 0.497 e. The van der Waals surface area contributed by atoms with E-state index in [0.29, 0.717) is 33.1 Å². The second-order valence-electron chi connectivity index (χ2n) is 7.94. The van der Waals surface area contributed by atoms with Crippen molar-refractivity contribution in [2.75, 3.05) is 18.2 Å². The molecule has 8 heteroatoms. The van der Waals surface area contributed by atoms with Gasteiger partial charge >= 0.3 is 0 Å². The van der Waals surface area contributed by atoms with Gasteiger partial charge in [0.25, 0.3) is 0 Å². The van der Waals surface area contributed by atoms with Gasteiger partial charge in [0.2, 0.25) is 11.0 Å². The van der Waals surface area contributed by atoms with Crippen molar-refractivity contribution in [2.24, 2.45) is 11.3 Å². The molecule has 2 rings (SSSR count). The molecule has 0 radical (unpaired) electrons. The fraction of sp³-hybridized carbons (Fsp3) is 0.500. The molecule has 1 N–H and O–H groups in total. The minimum Gasteiger partial charge on any atom is -0.497 e. The van der Waals surface area contributed by atoms with Crippen LogP contribution < -0.4 is 10.1 Å². The Hall–Kier alpha value is -1.93. The summed E-state index contributed by atoms with van der Waals surface area (Å²) in [6.07, 6.45) is 1.43. The van der Waals surface area contributed by atoms with E-state index >= 15 is 0 Å². The van der Waals surface area contributed by atoms with Crippen LogP contribution in [0, 0.1) is 11.3 Å². The number of methoxy groups -OCH3 is 1. The predicted molar refractivity (Wildman–Crippen MR) is 114 cm³/mol. The van der Waals surface area contributed by atoms with E-state index < -0.39 is 0 Å². The lowest BCUT2D eigenvalue weighted by Gasteiger charge is -2.22. The molecule has 0 aliphatic carbocycles. The number of nitrogens with zero attached hydrogens (tertiary/aromatic N) is 2. The number of Topliss-reactive ketones (excluding diaryl/α,β-unsaturated/α-hetero) is 1. The summed E-state index contributed by atoms with van der Waals surface area (Å²) >= 11 is 2.60. The van der Waals surface area contributed by atoms with Gasteiger partial charge in [-0.3, -0.25) is 9.59 Å². The third-order valence-corrected chi connectivity index (χ3v) is 5.86. The van der Waals surface area contributed by atoms with Crippen molar-refractivity contribution in [3.8, 4) is 5.75 Å². The lowest BCUT2D eigenvalue weighted by atomic mass is 9.84. The number of ketones is 1. The highest BCUT2D eigenvalue weighted by Crippen LogP contribution is 2.28. The van der Waals surface area contributed by atoms with Crippen LogP contribution in [0.1, 0.15) is 50.9 Å². The number of benzene rings is 1. The highest BCUT2D eigenvalue weighted by Gasteiger charge is 2.18. The normalized spacial score (nSPS) is 12.5. The maximum Gasteiger partial charge on any atom is 0.226 e. The molecule has 1 atom stereocenters. The minimum absolute atomic E-state index is 0.00411. The summed E-state index contributed by atoms with van der Waals surface area (Å²) < 4.78 is 5.75. The van der Waals surface area contributed by atoms with Crippen molar-refractivity contribution in [1.82, 2.24) is 10.2 Å². The van der Waals surface area contributed by atoms with Gasteiger partial charge in [0.1, 0.15) is 5.75 Å². The number of carbonyl (C=O) groups excluding carboxylic acids is 2. The first kappa shape index (κ1) is 22.4. The van der Waals surface area contributed by atoms with Crippen LogP contribution in [-0.4, -0.2) is 34.8 Å². The number of nitrogens with one attached hydrogen (secondary N) is 1. The van der Waals surface area contributed by atoms with Crippen LogP contribution in [0.4, 0.5) is 5.13 Å². The zero-order chi connectivity index (χ0) is 20.7. The molecule has 1 heterocycles. The summed E-state index contributed by atoms with van der Waals surface area (Å²) in [7, 11) is 1.59. The van der Waals surface area contributed by atoms with E-state index in [1.807, 2.05) is 0 Å². The molecule has 0 aliphatic rings. The summed E-state index contributed by atoms with van der Waals surface area (Å²) in [5.41, 5.74) is 0.821. The van der Waals surface area contributed by atoms with Crippen LogP contribution in [-0.2, 0) is 4.79 Å². The highest BCUT2D eigenvalue weighted by molar-refractivity contribution is 8.01. The monoisotopic (exact) mass is 421 g/mol. The average molecular weight is 422 g/mol. The molecule has 1 aromatic carbocycles. The zero-order valence-electron chi connectivity index (χ0n) is 16.9. The fourth-order valence-electron chi connectivity index (χ4n) is 2.91. The Morgan fingerprint density at radius 3 is 2.50 bits per heavy atom. The number of ether oxygens (including phenoxy) is 1. The van der Waals surface area contributed by atoms with E-state index in [-0.39, 0.29) is 22.9 Å². The number of hydrogen-bond donors (Lipinski definition) is 1. The van der Waals surface area contributed by atoms with Crippen molar-refractivity contribution in [1.29, 1.82) is 0 Å². The number of aromatic nitrogens is 2. The van der Waals surface area contributed by atoms with Gasteiger partial charge in [0, 0.05) is 12.0 Å². The number of anilines is 1. The molecule has 6 nitrogen and oxygen atoms in total. The van der Waals surface area contributed by atoms with Crippen LogP contribution in [0.5, 0.6) is 5.75 Å². The van der Waals surface area contributed by atoms with Crippen LogP contribution in [0.15, 0.2) is 28.6 Å². The maximum atomic E-state index is 12.3. The lowest BCUT2D eigenvalue weighted by Crippen LogP contribution is -2.18. The molecule has 0 spiro atoms. The minimum atomic E-state index is -0.0567. The van der Waals surface area contributed by atoms with E-state index in [1.54, 1.807) is 31.4 Å². The van der Waals surface area contributed by atoms with Crippen LogP contribution in [0.25, 0.3) is 0 Å². The number of hydrogen-bond acceptors (Lipinski definition) is 7. The average Bonchev–Trinajstić information content (AvgIpc) is 3.05. The van der Waals surface area contributed by atoms with Crippen LogP contribution in [0.3, 0.4) is 0 Å². The van der Waals surface area contributed by atoms with Crippen molar-refractivity contribution in [3.05, 3.63) is 29.8 Å². The van der Waals surface area contributed by atoms with Gasteiger partial charge < -0.3 is 10.1 Å². The number of thioether (sulfide) groups is 1. The Labute approximate surface area is 174 Å². The molecular weight excluding hydrogens is 394 g/mol. The predicted octanol–water partition coefficient (Wildman–Crippen LogP) is 4.92. The van der Waals surface area contributed by atoms with Gasteiger partial charge in [-0.15, -0.1) is 10.2 Å². The maximum absolute atomic E-state index is 12.3. The standard InChI is InChI=1S/C20H27N3O3S2/c1-13(11-20(2,3)4)10-17(25)21-18-22-23-19(28-18)27-12-16(24)14-6-8-15(26-5)9-7-14/h6-9,13H,10-12H2,1-5H3,(H,21,22,25)/t13-/m1/s1. The summed E-state index contributed by atoms with van der Waals surface area (Å²) in [6.45, 7) is 8.59. The zero-order valence-corrected chi connectivity index (χ0v) is 18.6. The Kier molecular flexibility index (Phi) is 8.00. The molecule has 1 aromatic heterocycles. The van der Waals surface area contributed by atoms with Crippen molar-refractivity contribution in [2.45, 2.75) is 44.9 Å². The first-order valence-corrected chi connectivity index (χ1v) is 10.9. The second-order valence-corrected chi connectivity index (χ2v) is 10.1. The van der Waals surface area contributed by atoms with E-state index in [2.05, 4.69) is 43.2 Å². The first-order chi connectivity index (χ1) is 13.2. The summed E-state index contributed by atoms with van der Waals surface area (Å²) in [6, 6.07) is 7.01. The Balaban J connectivity index is 1.81. The van der Waals surface area contributed by atoms with Crippen LogP contribution >= 0.6 is 23.1 Å². The molecule has 0 fully saturated rings. The quantitative estimate of drug-likeness (QED) is 0.351. The van der Waals surface area contributed by atoms with Crippen molar-refractivity contribution < 1.29 is 14.3 Å². The Bertz CT molecular complexity index is 798. The van der Waals surface area contributed by atoms with Gasteiger partial charge in [-0.25, -0.2) is 0 Å². The molecule has 0 saturated heterocycles. The van der Waals surface area contributed by atoms with E-state index in [9.17, 15) is 9.59 Å². The summed E-state index contributed by atoms with van der Waals surface area (Å²) in [4.78, 5) is 24.4. The van der Waals surface area contributed by atoms with Crippen LogP contribution in [0.2, 0.25) is 0 Å². The third kappa shape index (κ3) is 7.59. The summed E-state index contributed by atoms with van der Waals surface area (Å²) in [5.74, 6) is 1.22. The number of rotatable bonds is 9. The second kappa shape index (κ2) is 10.0. The molecule has 0 unspecified atom stereocenters. The number of carbonyl (C=O) groups is 2. The van der Waals surface area contributed by atoms with Crippen molar-refractivity contribution >= 4 is 39.9 Å². The first-order valence-electron chi connectivity index (χ1n) is 9.09. The number of amides is 1. The molecule has 0 bridgehead atoms. The fourth-order valence-corrected chi connectivity index (χ4v) is 4.57. The Morgan fingerprint density at radius 2 is 1.89 bits per heavy atom. The smallest absolute Gasteiger partial charge is 0.226 e. The highest BCUT2D eigenvalue weighted by atomic mass is 32.2. The lowest BCUT2D eigenvalue weighted by molar-refractivity contribution is -0.117. The molecule has 2 aromatic rings. The van der Waals surface area contributed by atoms with Crippen molar-refractivity contribution in [3.63, 3.8) is 0 Å². The topological polar surface area (TPSA) is 81.2 Å². The SMILES string of the molecule is COc1ccc(C(=O)CSc2nnc(NC(=O)C[C@@H](C)CC(C)(C)C)s2)cc1. The van der Waals surface area contributed by atoms with E-state index in [0.717, 1.165) is 6.42 Å². The molecule has 0 saturated carbocycles. The Morgan fingerprint density at radius 1 is 1.21 bits per heavy atom. The molecule has 1 amide bonds. The van der Waals surface area contributed by atoms with Gasteiger partial charge in [0.15, 0.2) is 10.1 Å². The van der Waals surface area contributed by atoms with Gasteiger partial charge in [-0.2, -0.15) is 0 Å². The molecule has 28 heavy (non-hydrogen) atoms. The van der Waals surface area contributed by atoms with Gasteiger partial charge in [0.05, 0.1) is 12.9 Å². The summed E-state index contributed by atoms with van der Waals surface area (Å²) in [5, 5.41) is 11.3. The van der Waals surface area contributed by atoms with E-state index in [4.69, 9.17) is 4.74 Å².